The van der Waals surface area contributed by atoms with Gasteiger partial charge in [-0.25, -0.2) is 0 Å². The van der Waals surface area contributed by atoms with Crippen LogP contribution in [0.15, 0.2) is 12.1 Å². The maximum absolute atomic E-state index is 12.7. The van der Waals surface area contributed by atoms with E-state index in [0.717, 1.165) is 29.8 Å². The van der Waals surface area contributed by atoms with E-state index in [0.29, 0.717) is 24.3 Å². The van der Waals surface area contributed by atoms with Crippen LogP contribution in [0.4, 0.5) is 0 Å². The van der Waals surface area contributed by atoms with Gasteiger partial charge in [-0.3, -0.25) is 4.79 Å². The molecule has 5 nitrogen and oxygen atoms in total. The summed E-state index contributed by atoms with van der Waals surface area (Å²) in [6.07, 6.45) is 1.70. The van der Waals surface area contributed by atoms with Gasteiger partial charge in [-0.2, -0.15) is 5.06 Å². The second-order valence-corrected chi connectivity index (χ2v) is 6.72. The van der Waals surface area contributed by atoms with Gasteiger partial charge in [-0.1, -0.05) is 17.7 Å². The van der Waals surface area contributed by atoms with Crippen LogP contribution in [0.25, 0.3) is 0 Å². The molecule has 0 spiro atoms. The molecule has 1 aromatic rings. The molecule has 6 heteroatoms. The van der Waals surface area contributed by atoms with Gasteiger partial charge in [-0.15, -0.1) is 0 Å². The third-order valence-electron chi connectivity index (χ3n) is 4.98. The van der Waals surface area contributed by atoms with Crippen molar-refractivity contribution in [1.82, 2.24) is 9.96 Å². The summed E-state index contributed by atoms with van der Waals surface area (Å²) in [5.74, 6) is 0.0202. The summed E-state index contributed by atoms with van der Waals surface area (Å²) in [6, 6.07) is 3.82. The molecule has 0 aliphatic carbocycles. The van der Waals surface area contributed by atoms with Gasteiger partial charge in [0.2, 0.25) is 5.91 Å². The van der Waals surface area contributed by atoms with Crippen molar-refractivity contribution in [3.05, 3.63) is 33.8 Å². The zero-order chi connectivity index (χ0) is 17.2. The number of likely N-dealkylation sites (N-methyl/N-ethyl adjacent to an activating group) is 1. The number of hydrogen-bond acceptors (Lipinski definition) is 4. The molecule has 0 atom stereocenters. The molecule has 0 radical (unpaired) electrons. The fraction of sp³-hybridized carbons (Fsp3) is 0.588. The number of aryl methyl sites for hydroxylation is 1. The van der Waals surface area contributed by atoms with E-state index in [2.05, 4.69) is 0 Å². The minimum Gasteiger partial charge on any atom is -0.327 e. The predicted octanol–water partition coefficient (Wildman–Crippen LogP) is 2.27. The summed E-state index contributed by atoms with van der Waals surface area (Å²) < 4.78 is 0. The number of nitrogens with two attached hydrogens (primary N) is 1. The second kappa shape index (κ2) is 7.18. The number of hydrogen-bond donors (Lipinski definition) is 1. The van der Waals surface area contributed by atoms with Crippen molar-refractivity contribution >= 4 is 17.5 Å². The highest BCUT2D eigenvalue weighted by atomic mass is 35.5. The summed E-state index contributed by atoms with van der Waals surface area (Å²) >= 11 is 6.19. The summed E-state index contributed by atoms with van der Waals surface area (Å²) in [4.78, 5) is 19.7. The van der Waals surface area contributed by atoms with Crippen molar-refractivity contribution in [2.24, 2.45) is 5.73 Å². The van der Waals surface area contributed by atoms with E-state index in [4.69, 9.17) is 22.2 Å². The van der Waals surface area contributed by atoms with Crippen molar-refractivity contribution < 1.29 is 9.63 Å². The number of nitrogens with zero attached hydrogens (tertiary/aromatic N) is 2. The van der Waals surface area contributed by atoms with E-state index in [9.17, 15) is 4.79 Å². The number of halogens is 1. The first-order valence-electron chi connectivity index (χ1n) is 7.87. The molecule has 1 aliphatic heterocycles. The van der Waals surface area contributed by atoms with Crippen LogP contribution >= 0.6 is 11.6 Å². The van der Waals surface area contributed by atoms with Crippen LogP contribution in [0.2, 0.25) is 5.02 Å². The Morgan fingerprint density at radius 3 is 2.57 bits per heavy atom. The van der Waals surface area contributed by atoms with Crippen LogP contribution in [0, 0.1) is 13.8 Å². The van der Waals surface area contributed by atoms with E-state index in [1.807, 2.05) is 31.0 Å². The largest absolute Gasteiger partial charge is 0.327 e. The highest BCUT2D eigenvalue weighted by Gasteiger charge is 2.37. The normalized spacial score (nSPS) is 18.0. The van der Waals surface area contributed by atoms with E-state index in [-0.39, 0.29) is 5.91 Å². The van der Waals surface area contributed by atoms with Gasteiger partial charge in [0.05, 0.1) is 19.2 Å². The molecule has 1 heterocycles. The van der Waals surface area contributed by atoms with E-state index >= 15 is 0 Å². The third kappa shape index (κ3) is 3.86. The SMILES string of the molecule is CON1CCC(N)(N(C)C(=O)Cc2c(C)ccc(Cl)c2C)CC1. The third-order valence-corrected chi connectivity index (χ3v) is 5.39. The molecule has 0 unspecified atom stereocenters. The monoisotopic (exact) mass is 339 g/mol. The Kier molecular flexibility index (Phi) is 5.68. The molecule has 0 saturated carbocycles. The van der Waals surface area contributed by atoms with Crippen molar-refractivity contribution in [3.8, 4) is 0 Å². The van der Waals surface area contributed by atoms with Gasteiger partial charge in [-0.05, 0) is 49.4 Å². The molecule has 1 amide bonds. The topological polar surface area (TPSA) is 58.8 Å². The Balaban J connectivity index is 2.11. The number of rotatable bonds is 4. The number of hydroxylamine groups is 2. The molecule has 2 rings (SSSR count). The molecule has 1 aromatic carbocycles. The van der Waals surface area contributed by atoms with Crippen LogP contribution in [0.5, 0.6) is 0 Å². The van der Waals surface area contributed by atoms with Gasteiger partial charge in [0.25, 0.3) is 0 Å². The van der Waals surface area contributed by atoms with Crippen LogP contribution in [0.1, 0.15) is 29.5 Å². The zero-order valence-corrected chi connectivity index (χ0v) is 15.1. The van der Waals surface area contributed by atoms with Crippen molar-refractivity contribution in [1.29, 1.82) is 0 Å². The molecule has 1 aliphatic rings. The van der Waals surface area contributed by atoms with Crippen molar-refractivity contribution in [2.75, 3.05) is 27.2 Å². The lowest BCUT2D eigenvalue weighted by molar-refractivity contribution is -0.166. The Labute approximate surface area is 143 Å². The van der Waals surface area contributed by atoms with Crippen LogP contribution in [-0.4, -0.2) is 48.8 Å². The first-order chi connectivity index (χ1) is 10.8. The molecule has 0 bridgehead atoms. The number of carbonyl (C=O) groups is 1. The van der Waals surface area contributed by atoms with E-state index in [1.54, 1.807) is 19.1 Å². The highest BCUT2D eigenvalue weighted by Crippen LogP contribution is 2.26. The van der Waals surface area contributed by atoms with Crippen molar-refractivity contribution in [2.45, 2.75) is 38.8 Å². The highest BCUT2D eigenvalue weighted by molar-refractivity contribution is 6.31. The molecular weight excluding hydrogens is 314 g/mol. The number of piperidine rings is 1. The molecular formula is C17H26ClN3O2. The Hall–Kier alpha value is -1.14. The first-order valence-corrected chi connectivity index (χ1v) is 8.25. The van der Waals surface area contributed by atoms with Gasteiger partial charge >= 0.3 is 0 Å². The average molecular weight is 340 g/mol. The van der Waals surface area contributed by atoms with Gasteiger partial charge in [0.15, 0.2) is 0 Å². The Bertz CT molecular complexity index is 583. The van der Waals surface area contributed by atoms with E-state index in [1.165, 1.54) is 0 Å². The van der Waals surface area contributed by atoms with Gasteiger partial charge < -0.3 is 15.5 Å². The molecule has 2 N–H and O–H groups in total. The minimum absolute atomic E-state index is 0.0202. The number of amides is 1. The number of benzene rings is 1. The maximum Gasteiger partial charge on any atom is 0.228 e. The van der Waals surface area contributed by atoms with Gasteiger partial charge in [0, 0.05) is 25.2 Å². The molecule has 1 saturated heterocycles. The van der Waals surface area contributed by atoms with Crippen molar-refractivity contribution in [3.63, 3.8) is 0 Å². The fourth-order valence-electron chi connectivity index (χ4n) is 3.05. The average Bonchev–Trinajstić information content (AvgIpc) is 2.55. The maximum atomic E-state index is 12.7. The molecule has 1 fully saturated rings. The predicted molar refractivity (Wildman–Crippen MR) is 92.1 cm³/mol. The molecule has 128 valence electrons. The fourth-order valence-corrected chi connectivity index (χ4v) is 3.22. The van der Waals surface area contributed by atoms with Crippen LogP contribution in [-0.2, 0) is 16.1 Å². The lowest BCUT2D eigenvalue weighted by Crippen LogP contribution is -2.61. The van der Waals surface area contributed by atoms with E-state index < -0.39 is 5.66 Å². The molecule has 23 heavy (non-hydrogen) atoms. The Morgan fingerprint density at radius 2 is 2.00 bits per heavy atom. The number of carbonyl (C=O) groups excluding carboxylic acids is 1. The minimum atomic E-state index is -0.619. The quantitative estimate of drug-likeness (QED) is 0.855. The van der Waals surface area contributed by atoms with Gasteiger partial charge in [0.1, 0.15) is 0 Å². The summed E-state index contributed by atoms with van der Waals surface area (Å²) in [6.45, 7) is 5.40. The Morgan fingerprint density at radius 1 is 1.39 bits per heavy atom. The zero-order valence-electron chi connectivity index (χ0n) is 14.4. The lowest BCUT2D eigenvalue weighted by atomic mass is 9.95. The summed E-state index contributed by atoms with van der Waals surface area (Å²) in [5, 5.41) is 2.56. The first kappa shape index (κ1) is 18.2. The molecule has 0 aromatic heterocycles. The second-order valence-electron chi connectivity index (χ2n) is 6.31. The van der Waals surface area contributed by atoms with Crippen LogP contribution < -0.4 is 5.73 Å². The summed E-state index contributed by atoms with van der Waals surface area (Å²) in [7, 11) is 3.45. The summed E-state index contributed by atoms with van der Waals surface area (Å²) in [5.41, 5.74) is 8.90. The lowest BCUT2D eigenvalue weighted by Gasteiger charge is -2.44. The standard InChI is InChI=1S/C17H26ClN3O2/c1-12-5-6-15(18)13(2)14(12)11-16(22)20(3)17(19)7-9-21(23-4)10-8-17/h5-6H,7-11,19H2,1-4H3. The van der Waals surface area contributed by atoms with Crippen LogP contribution in [0.3, 0.4) is 0 Å². The smallest absolute Gasteiger partial charge is 0.228 e.